The lowest BCUT2D eigenvalue weighted by molar-refractivity contribution is 0.0484. The van der Waals surface area contributed by atoms with Crippen molar-refractivity contribution in [1.82, 2.24) is 0 Å². The second-order valence-electron chi connectivity index (χ2n) is 9.48. The van der Waals surface area contributed by atoms with E-state index in [-0.39, 0.29) is 17.6 Å². The first-order chi connectivity index (χ1) is 14.0. The highest BCUT2D eigenvalue weighted by molar-refractivity contribution is 5.73. The van der Waals surface area contributed by atoms with Crippen LogP contribution in [-0.4, -0.2) is 28.1 Å². The Kier molecular flexibility index (Phi) is 7.59. The summed E-state index contributed by atoms with van der Waals surface area (Å²) in [6.07, 6.45) is 4.20. The molecule has 2 aromatic carbocycles. The summed E-state index contributed by atoms with van der Waals surface area (Å²) < 4.78 is 22.0. The van der Waals surface area contributed by atoms with Crippen molar-refractivity contribution in [2.45, 2.75) is 52.4 Å². The Bertz CT molecular complexity index is 826. The SMILES string of the molecule is COCOc1c(C(C)(C)C)cc(/C=C\c2cc(OC)cc(OC)c2)cc1C(C)(C)C. The summed E-state index contributed by atoms with van der Waals surface area (Å²) in [7, 11) is 4.96. The number of benzene rings is 2. The Balaban J connectivity index is 2.59. The number of hydrogen-bond donors (Lipinski definition) is 0. The molecule has 0 aliphatic carbocycles. The molecule has 0 fully saturated rings. The van der Waals surface area contributed by atoms with Gasteiger partial charge in [0.1, 0.15) is 17.2 Å². The summed E-state index contributed by atoms with van der Waals surface area (Å²) in [5.74, 6) is 2.45. The van der Waals surface area contributed by atoms with E-state index < -0.39 is 0 Å². The first-order valence-electron chi connectivity index (χ1n) is 10.2. The molecule has 0 aliphatic rings. The van der Waals surface area contributed by atoms with E-state index >= 15 is 0 Å². The van der Waals surface area contributed by atoms with E-state index in [0.717, 1.165) is 39.5 Å². The van der Waals surface area contributed by atoms with Gasteiger partial charge in [-0.15, -0.1) is 0 Å². The van der Waals surface area contributed by atoms with Crippen LogP contribution < -0.4 is 14.2 Å². The van der Waals surface area contributed by atoms with Gasteiger partial charge in [0.15, 0.2) is 6.79 Å². The molecule has 0 saturated carbocycles. The molecule has 0 aliphatic heterocycles. The van der Waals surface area contributed by atoms with Crippen molar-refractivity contribution in [2.75, 3.05) is 28.1 Å². The molecule has 0 saturated heterocycles. The van der Waals surface area contributed by atoms with Crippen molar-refractivity contribution in [2.24, 2.45) is 0 Å². The third-order valence-corrected chi connectivity index (χ3v) is 4.89. The van der Waals surface area contributed by atoms with Gasteiger partial charge < -0.3 is 18.9 Å². The summed E-state index contributed by atoms with van der Waals surface area (Å²) in [5, 5.41) is 0. The van der Waals surface area contributed by atoms with Crippen LogP contribution in [0.1, 0.15) is 63.8 Å². The third kappa shape index (κ3) is 6.02. The van der Waals surface area contributed by atoms with Crippen LogP contribution in [0.4, 0.5) is 0 Å². The predicted octanol–water partition coefficient (Wildman–Crippen LogP) is 6.45. The molecule has 4 nitrogen and oxygen atoms in total. The Morgan fingerprint density at radius 3 is 1.47 bits per heavy atom. The van der Waals surface area contributed by atoms with Crippen molar-refractivity contribution in [3.8, 4) is 17.2 Å². The number of ether oxygens (including phenoxy) is 4. The molecule has 0 aromatic heterocycles. The first-order valence-corrected chi connectivity index (χ1v) is 10.2. The molecule has 0 atom stereocenters. The van der Waals surface area contributed by atoms with Crippen molar-refractivity contribution in [3.05, 3.63) is 52.6 Å². The summed E-state index contributed by atoms with van der Waals surface area (Å²) in [6, 6.07) is 10.3. The average molecular weight is 413 g/mol. The van der Waals surface area contributed by atoms with Crippen LogP contribution in [0.15, 0.2) is 30.3 Å². The molecule has 2 rings (SSSR count). The Labute approximate surface area is 181 Å². The van der Waals surface area contributed by atoms with E-state index in [9.17, 15) is 0 Å². The fraction of sp³-hybridized carbons (Fsp3) is 0.462. The van der Waals surface area contributed by atoms with Gasteiger partial charge in [0, 0.05) is 24.3 Å². The Morgan fingerprint density at radius 2 is 1.10 bits per heavy atom. The van der Waals surface area contributed by atoms with Crippen molar-refractivity contribution < 1.29 is 18.9 Å². The molecular formula is C26H36O4. The standard InChI is InChI=1S/C26H36O4/c1-25(2,3)22-14-19(15-23(26(4,5)6)24(22)30-17-27-7)11-10-18-12-20(28-8)16-21(13-18)29-9/h10-16H,17H2,1-9H3/b11-10-. The smallest absolute Gasteiger partial charge is 0.188 e. The number of rotatable bonds is 7. The quantitative estimate of drug-likeness (QED) is 0.387. The van der Waals surface area contributed by atoms with Crippen LogP contribution in [0.2, 0.25) is 0 Å². The van der Waals surface area contributed by atoms with Crippen LogP contribution in [0.5, 0.6) is 17.2 Å². The lowest BCUT2D eigenvalue weighted by Gasteiger charge is -2.30. The minimum absolute atomic E-state index is 0.0773. The fourth-order valence-electron chi connectivity index (χ4n) is 3.25. The highest BCUT2D eigenvalue weighted by Crippen LogP contribution is 2.41. The molecule has 2 aromatic rings. The van der Waals surface area contributed by atoms with E-state index in [1.807, 2.05) is 18.2 Å². The number of hydrogen-bond acceptors (Lipinski definition) is 4. The lowest BCUT2D eigenvalue weighted by Crippen LogP contribution is -2.20. The van der Waals surface area contributed by atoms with Crippen LogP contribution in [0.25, 0.3) is 12.2 Å². The normalized spacial score (nSPS) is 12.3. The molecule has 4 heteroatoms. The second-order valence-corrected chi connectivity index (χ2v) is 9.48. The maximum Gasteiger partial charge on any atom is 0.188 e. The van der Waals surface area contributed by atoms with Gasteiger partial charge >= 0.3 is 0 Å². The topological polar surface area (TPSA) is 36.9 Å². The van der Waals surface area contributed by atoms with E-state index in [4.69, 9.17) is 18.9 Å². The maximum atomic E-state index is 6.07. The van der Waals surface area contributed by atoms with Crippen molar-refractivity contribution in [1.29, 1.82) is 0 Å². The summed E-state index contributed by atoms with van der Waals surface area (Å²) in [5.41, 5.74) is 4.31. The zero-order chi connectivity index (χ0) is 22.5. The largest absolute Gasteiger partial charge is 0.497 e. The fourth-order valence-corrected chi connectivity index (χ4v) is 3.25. The van der Waals surface area contributed by atoms with Gasteiger partial charge in [-0.25, -0.2) is 0 Å². The highest BCUT2D eigenvalue weighted by atomic mass is 16.7. The minimum Gasteiger partial charge on any atom is -0.497 e. The van der Waals surface area contributed by atoms with Crippen LogP contribution in [0.3, 0.4) is 0 Å². The molecule has 0 unspecified atom stereocenters. The zero-order valence-electron chi connectivity index (χ0n) is 19.9. The summed E-state index contributed by atoms with van der Waals surface area (Å²) in [4.78, 5) is 0. The van der Waals surface area contributed by atoms with E-state index in [1.165, 1.54) is 0 Å². The molecule has 0 spiro atoms. The molecule has 0 radical (unpaired) electrons. The van der Waals surface area contributed by atoms with Crippen LogP contribution in [-0.2, 0) is 15.6 Å². The van der Waals surface area contributed by atoms with Crippen LogP contribution >= 0.6 is 0 Å². The van der Waals surface area contributed by atoms with Gasteiger partial charge in [0.05, 0.1) is 14.2 Å². The minimum atomic E-state index is -0.0773. The van der Waals surface area contributed by atoms with Crippen molar-refractivity contribution >= 4 is 12.2 Å². The van der Waals surface area contributed by atoms with Gasteiger partial charge in [-0.05, 0) is 46.2 Å². The monoisotopic (exact) mass is 412 g/mol. The van der Waals surface area contributed by atoms with Crippen molar-refractivity contribution in [3.63, 3.8) is 0 Å². The van der Waals surface area contributed by atoms with Gasteiger partial charge in [-0.3, -0.25) is 0 Å². The van der Waals surface area contributed by atoms with E-state index in [2.05, 4.69) is 65.8 Å². The van der Waals surface area contributed by atoms with Gasteiger partial charge in [0.2, 0.25) is 0 Å². The van der Waals surface area contributed by atoms with E-state index in [0.29, 0.717) is 0 Å². The second kappa shape index (κ2) is 9.57. The molecule has 0 N–H and O–H groups in total. The lowest BCUT2D eigenvalue weighted by atomic mass is 9.78. The average Bonchev–Trinajstić information content (AvgIpc) is 2.68. The third-order valence-electron chi connectivity index (χ3n) is 4.89. The molecule has 164 valence electrons. The van der Waals surface area contributed by atoms with Gasteiger partial charge in [0.25, 0.3) is 0 Å². The van der Waals surface area contributed by atoms with Gasteiger partial charge in [-0.2, -0.15) is 0 Å². The zero-order valence-corrected chi connectivity index (χ0v) is 19.9. The maximum absolute atomic E-state index is 6.07. The van der Waals surface area contributed by atoms with Crippen LogP contribution in [0, 0.1) is 0 Å². The molecule has 0 heterocycles. The summed E-state index contributed by atoms with van der Waals surface area (Å²) >= 11 is 0. The number of methoxy groups -OCH3 is 3. The van der Waals surface area contributed by atoms with E-state index in [1.54, 1.807) is 21.3 Å². The molecule has 0 amide bonds. The summed E-state index contributed by atoms with van der Waals surface area (Å²) in [6.45, 7) is 13.4. The molecule has 30 heavy (non-hydrogen) atoms. The Hall–Kier alpha value is -2.46. The highest BCUT2D eigenvalue weighted by Gasteiger charge is 2.27. The van der Waals surface area contributed by atoms with Gasteiger partial charge in [-0.1, -0.05) is 53.7 Å². The first kappa shape index (κ1) is 23.8. The molecular weight excluding hydrogens is 376 g/mol. The Morgan fingerprint density at radius 1 is 0.667 bits per heavy atom. The molecule has 0 bridgehead atoms. The predicted molar refractivity (Wildman–Crippen MR) is 125 cm³/mol.